The van der Waals surface area contributed by atoms with Crippen LogP contribution in [0, 0.1) is 0 Å². The van der Waals surface area contributed by atoms with Crippen molar-refractivity contribution in [1.82, 2.24) is 4.90 Å². The van der Waals surface area contributed by atoms with Gasteiger partial charge in [-0.2, -0.15) is 0 Å². The molecule has 0 unspecified atom stereocenters. The molecular weight excluding hydrogens is 328 g/mol. The lowest BCUT2D eigenvalue weighted by Crippen LogP contribution is -2.36. The Balaban J connectivity index is 2.02. The first-order valence-electron chi connectivity index (χ1n) is 8.42. The molecular formula is C18H25ClN2O3. The van der Waals surface area contributed by atoms with Gasteiger partial charge in [-0.05, 0) is 31.0 Å². The lowest BCUT2D eigenvalue weighted by atomic mass is 10.2. The van der Waals surface area contributed by atoms with Gasteiger partial charge < -0.3 is 14.5 Å². The van der Waals surface area contributed by atoms with Crippen LogP contribution < -0.4 is 9.64 Å². The molecule has 0 N–H and O–H groups in total. The zero-order chi connectivity index (χ0) is 17.5. The van der Waals surface area contributed by atoms with Crippen molar-refractivity contribution in [3.63, 3.8) is 0 Å². The number of hydrogen-bond donors (Lipinski definition) is 0. The Morgan fingerprint density at radius 1 is 1.21 bits per heavy atom. The van der Waals surface area contributed by atoms with Crippen LogP contribution in [0.2, 0.25) is 5.02 Å². The van der Waals surface area contributed by atoms with E-state index < -0.39 is 0 Å². The molecule has 6 heteroatoms. The summed E-state index contributed by atoms with van der Waals surface area (Å²) in [7, 11) is 1.55. The molecule has 1 aromatic rings. The smallest absolute Gasteiger partial charge is 0.224 e. The summed E-state index contributed by atoms with van der Waals surface area (Å²) in [6.45, 7) is 3.50. The number of rotatable bonds is 5. The zero-order valence-corrected chi connectivity index (χ0v) is 15.1. The second-order valence-electron chi connectivity index (χ2n) is 6.03. The van der Waals surface area contributed by atoms with Crippen LogP contribution in [0.15, 0.2) is 18.2 Å². The lowest BCUT2D eigenvalue weighted by molar-refractivity contribution is -0.131. The monoisotopic (exact) mass is 352 g/mol. The first-order valence-corrected chi connectivity index (χ1v) is 8.80. The number of halogens is 1. The van der Waals surface area contributed by atoms with Gasteiger partial charge in [-0.1, -0.05) is 24.4 Å². The highest BCUT2D eigenvalue weighted by molar-refractivity contribution is 6.32. The second kappa shape index (κ2) is 8.92. The van der Waals surface area contributed by atoms with Crippen molar-refractivity contribution in [1.29, 1.82) is 0 Å². The SMILES string of the molecule is COc1ccc(N(CCC(=O)N2CCCCCC2)C(C)=O)cc1Cl. The number of carbonyl (C=O) groups is 2. The molecule has 1 saturated heterocycles. The lowest BCUT2D eigenvalue weighted by Gasteiger charge is -2.25. The van der Waals surface area contributed by atoms with Crippen LogP contribution in [0.1, 0.15) is 39.0 Å². The Hall–Kier alpha value is -1.75. The van der Waals surface area contributed by atoms with Gasteiger partial charge in [0.1, 0.15) is 5.75 Å². The van der Waals surface area contributed by atoms with E-state index >= 15 is 0 Å². The van der Waals surface area contributed by atoms with Crippen molar-refractivity contribution < 1.29 is 14.3 Å². The number of amides is 2. The van der Waals surface area contributed by atoms with E-state index in [2.05, 4.69) is 0 Å². The first-order chi connectivity index (χ1) is 11.5. The highest BCUT2D eigenvalue weighted by Gasteiger charge is 2.19. The Morgan fingerprint density at radius 3 is 2.42 bits per heavy atom. The van der Waals surface area contributed by atoms with Crippen LogP contribution in [-0.4, -0.2) is 43.5 Å². The second-order valence-corrected chi connectivity index (χ2v) is 6.44. The highest BCUT2D eigenvalue weighted by atomic mass is 35.5. The molecule has 5 nitrogen and oxygen atoms in total. The van der Waals surface area contributed by atoms with E-state index in [9.17, 15) is 9.59 Å². The molecule has 24 heavy (non-hydrogen) atoms. The van der Waals surface area contributed by atoms with Gasteiger partial charge in [0.15, 0.2) is 0 Å². The molecule has 2 rings (SSSR count). The number of methoxy groups -OCH3 is 1. The third kappa shape index (κ3) is 4.87. The van der Waals surface area contributed by atoms with E-state index in [1.807, 2.05) is 4.90 Å². The van der Waals surface area contributed by atoms with Gasteiger partial charge in [0, 0.05) is 38.7 Å². The van der Waals surface area contributed by atoms with E-state index in [-0.39, 0.29) is 11.8 Å². The first kappa shape index (κ1) is 18.6. The van der Waals surface area contributed by atoms with Crippen molar-refractivity contribution in [3.8, 4) is 5.75 Å². The van der Waals surface area contributed by atoms with Gasteiger partial charge in [-0.3, -0.25) is 9.59 Å². The molecule has 0 saturated carbocycles. The van der Waals surface area contributed by atoms with E-state index in [1.165, 1.54) is 19.8 Å². The fourth-order valence-electron chi connectivity index (χ4n) is 2.98. The third-order valence-corrected chi connectivity index (χ3v) is 4.63. The average Bonchev–Trinajstić information content (AvgIpc) is 2.84. The van der Waals surface area contributed by atoms with E-state index in [0.29, 0.717) is 29.4 Å². The summed E-state index contributed by atoms with van der Waals surface area (Å²) in [5.41, 5.74) is 0.678. The summed E-state index contributed by atoms with van der Waals surface area (Å²) >= 11 is 6.14. The Labute approximate surface area is 148 Å². The van der Waals surface area contributed by atoms with Crippen LogP contribution in [0.25, 0.3) is 0 Å². The molecule has 0 radical (unpaired) electrons. The number of hydrogen-bond acceptors (Lipinski definition) is 3. The van der Waals surface area contributed by atoms with Crippen LogP contribution in [0.5, 0.6) is 5.75 Å². The summed E-state index contributed by atoms with van der Waals surface area (Å²) in [6.07, 6.45) is 4.83. The molecule has 2 amide bonds. The maximum atomic E-state index is 12.4. The predicted octanol–water partition coefficient (Wildman–Crippen LogP) is 3.49. The number of benzene rings is 1. The average molecular weight is 353 g/mol. The zero-order valence-electron chi connectivity index (χ0n) is 14.4. The van der Waals surface area contributed by atoms with Gasteiger partial charge in [-0.15, -0.1) is 0 Å². The maximum Gasteiger partial charge on any atom is 0.224 e. The van der Waals surface area contributed by atoms with Gasteiger partial charge in [0.05, 0.1) is 12.1 Å². The van der Waals surface area contributed by atoms with Crippen LogP contribution in [-0.2, 0) is 9.59 Å². The van der Waals surface area contributed by atoms with Crippen LogP contribution in [0.4, 0.5) is 5.69 Å². The molecule has 0 aliphatic carbocycles. The van der Waals surface area contributed by atoms with Gasteiger partial charge in [-0.25, -0.2) is 0 Å². The van der Waals surface area contributed by atoms with Crippen molar-refractivity contribution >= 4 is 29.1 Å². The third-order valence-electron chi connectivity index (χ3n) is 4.34. The minimum absolute atomic E-state index is 0.111. The fourth-order valence-corrected chi connectivity index (χ4v) is 3.23. The van der Waals surface area contributed by atoms with Crippen molar-refractivity contribution in [3.05, 3.63) is 23.2 Å². The van der Waals surface area contributed by atoms with Crippen molar-refractivity contribution in [2.45, 2.75) is 39.0 Å². The number of ether oxygens (including phenoxy) is 1. The number of anilines is 1. The predicted molar refractivity (Wildman–Crippen MR) is 95.7 cm³/mol. The van der Waals surface area contributed by atoms with E-state index in [0.717, 1.165) is 25.9 Å². The van der Waals surface area contributed by atoms with Gasteiger partial charge in [0.25, 0.3) is 0 Å². The van der Waals surface area contributed by atoms with Crippen molar-refractivity contribution in [2.75, 3.05) is 31.6 Å². The van der Waals surface area contributed by atoms with Crippen molar-refractivity contribution in [2.24, 2.45) is 0 Å². The Kier molecular flexibility index (Phi) is 6.91. The molecule has 0 atom stereocenters. The van der Waals surface area contributed by atoms with E-state index in [4.69, 9.17) is 16.3 Å². The van der Waals surface area contributed by atoms with Crippen LogP contribution >= 0.6 is 11.6 Å². The van der Waals surface area contributed by atoms with E-state index in [1.54, 1.807) is 30.2 Å². The summed E-state index contributed by atoms with van der Waals surface area (Å²) in [5, 5.41) is 0.445. The topological polar surface area (TPSA) is 49.9 Å². The molecule has 0 aromatic heterocycles. The molecule has 1 aliphatic heterocycles. The Morgan fingerprint density at radius 2 is 1.88 bits per heavy atom. The minimum Gasteiger partial charge on any atom is -0.495 e. The minimum atomic E-state index is -0.111. The summed E-state index contributed by atoms with van der Waals surface area (Å²) in [4.78, 5) is 27.9. The standard InChI is InChI=1S/C18H25ClN2O3/c1-14(22)21(15-7-8-17(24-2)16(19)13-15)12-9-18(23)20-10-5-3-4-6-11-20/h7-8,13H,3-6,9-12H2,1-2H3. The molecule has 1 fully saturated rings. The molecule has 1 heterocycles. The molecule has 0 spiro atoms. The molecule has 0 bridgehead atoms. The normalized spacial score (nSPS) is 14.9. The summed E-state index contributed by atoms with van der Waals surface area (Å²) in [6, 6.07) is 5.20. The maximum absolute atomic E-state index is 12.4. The quantitative estimate of drug-likeness (QED) is 0.815. The highest BCUT2D eigenvalue weighted by Crippen LogP contribution is 2.29. The Bertz CT molecular complexity index is 584. The molecule has 132 valence electrons. The number of nitrogens with zero attached hydrogens (tertiary/aromatic N) is 2. The number of likely N-dealkylation sites (tertiary alicyclic amines) is 1. The summed E-state index contributed by atoms with van der Waals surface area (Å²) < 4.78 is 5.13. The molecule has 1 aromatic carbocycles. The van der Waals surface area contributed by atoms with Gasteiger partial charge >= 0.3 is 0 Å². The largest absolute Gasteiger partial charge is 0.495 e. The van der Waals surface area contributed by atoms with Crippen LogP contribution in [0.3, 0.4) is 0 Å². The molecule has 1 aliphatic rings. The number of carbonyl (C=O) groups excluding carboxylic acids is 2. The van der Waals surface area contributed by atoms with Gasteiger partial charge in [0.2, 0.25) is 11.8 Å². The fraction of sp³-hybridized carbons (Fsp3) is 0.556. The summed E-state index contributed by atoms with van der Waals surface area (Å²) in [5.74, 6) is 0.562.